The van der Waals surface area contributed by atoms with E-state index in [0.29, 0.717) is 25.7 Å². The van der Waals surface area contributed by atoms with Crippen LogP contribution in [0.5, 0.6) is 0 Å². The second kappa shape index (κ2) is 15.7. The van der Waals surface area contributed by atoms with Gasteiger partial charge in [-0.15, -0.1) is 0 Å². The molecule has 0 aromatic carbocycles. The molecule has 4 N–H and O–H groups in total. The Labute approximate surface area is 219 Å². The quantitative estimate of drug-likeness (QED) is 0.110. The van der Waals surface area contributed by atoms with Crippen molar-refractivity contribution in [3.05, 3.63) is 0 Å². The van der Waals surface area contributed by atoms with E-state index in [4.69, 9.17) is 0 Å². The number of hydrogen-bond acceptors (Lipinski definition) is 6. The fraction of sp³-hybridized carbons (Fsp3) is 0.900. The zero-order chi connectivity index (χ0) is 25.1. The molecule has 0 rings (SSSR count). The standard InChI is InChI=1S/C20H38O10S2.Na.H/c1-3-5-7-9-11-13-15-19(17(21)22,16-14-12-10-8-6-4-2)20(18(23)24,31(25,26)27)32(28,29)30;;/h3-16H2,1-2H3,(H,21,22)(H,23,24)(H,25,26,27)(H,28,29,30);;. The van der Waals surface area contributed by atoms with Gasteiger partial charge in [0, 0.05) is 0 Å². The van der Waals surface area contributed by atoms with Gasteiger partial charge in [0.15, 0.2) is 0 Å². The van der Waals surface area contributed by atoms with Gasteiger partial charge in [0.25, 0.3) is 20.2 Å². The summed E-state index contributed by atoms with van der Waals surface area (Å²) in [6.07, 6.45) is 6.32. The summed E-state index contributed by atoms with van der Waals surface area (Å²) in [6.45, 7) is 3.99. The Hall–Kier alpha value is -0.240. The summed E-state index contributed by atoms with van der Waals surface area (Å²) in [6, 6.07) is 0. The average molecular weight is 527 g/mol. The summed E-state index contributed by atoms with van der Waals surface area (Å²) in [5, 5.41) is 19.7. The van der Waals surface area contributed by atoms with Crippen LogP contribution >= 0.6 is 0 Å². The number of carboxylic acid groups (broad SMARTS) is 2. The first-order valence-electron chi connectivity index (χ1n) is 11.2. The molecule has 0 fully saturated rings. The van der Waals surface area contributed by atoms with Crippen LogP contribution in [0.3, 0.4) is 0 Å². The number of rotatable bonds is 19. The van der Waals surface area contributed by atoms with E-state index in [1.165, 1.54) is 0 Å². The Balaban J connectivity index is 0. The van der Waals surface area contributed by atoms with E-state index in [1.54, 1.807) is 0 Å². The van der Waals surface area contributed by atoms with E-state index in [2.05, 4.69) is 0 Å². The molecule has 13 heteroatoms. The Morgan fingerprint density at radius 1 is 0.606 bits per heavy atom. The molecule has 0 radical (unpaired) electrons. The normalized spacial score (nSPS) is 12.8. The maximum absolute atomic E-state index is 12.4. The zero-order valence-corrected chi connectivity index (χ0v) is 20.6. The fourth-order valence-electron chi connectivity index (χ4n) is 4.28. The number of carboxylic acids is 2. The molecule has 192 valence electrons. The molecule has 0 aliphatic heterocycles. The molecular weight excluding hydrogens is 487 g/mol. The van der Waals surface area contributed by atoms with E-state index in [9.17, 15) is 45.7 Å². The van der Waals surface area contributed by atoms with E-state index < -0.39 is 54.5 Å². The summed E-state index contributed by atoms with van der Waals surface area (Å²) < 4.78 is 64.0. The minimum absolute atomic E-state index is 0. The average Bonchev–Trinajstić information content (AvgIpc) is 2.64. The molecule has 0 unspecified atom stereocenters. The third-order valence-corrected chi connectivity index (χ3v) is 9.81. The predicted molar refractivity (Wildman–Crippen MR) is 127 cm³/mol. The fourth-order valence-corrected chi connectivity index (χ4v) is 7.35. The van der Waals surface area contributed by atoms with Crippen molar-refractivity contribution < 1.29 is 45.7 Å². The molecule has 0 spiro atoms. The SMILES string of the molecule is CCCCCCCCC(CCCCCCCC)(C(=O)O)C(C(=O)O)(S(=O)(=O)O)S(=O)(=O)O.[NaH]. The first-order chi connectivity index (χ1) is 14.8. The van der Waals surface area contributed by atoms with Crippen molar-refractivity contribution in [1.29, 1.82) is 0 Å². The Bertz CT molecular complexity index is 761. The number of carbonyl (C=O) groups is 2. The van der Waals surface area contributed by atoms with E-state index in [0.717, 1.165) is 38.5 Å². The van der Waals surface area contributed by atoms with E-state index in [-0.39, 0.29) is 42.4 Å². The molecule has 0 atom stereocenters. The van der Waals surface area contributed by atoms with Crippen molar-refractivity contribution in [3.8, 4) is 0 Å². The van der Waals surface area contributed by atoms with Gasteiger partial charge in [0.2, 0.25) is 0 Å². The van der Waals surface area contributed by atoms with Gasteiger partial charge in [-0.25, -0.2) is 4.79 Å². The van der Waals surface area contributed by atoms with Crippen LogP contribution in [0.15, 0.2) is 0 Å². The van der Waals surface area contributed by atoms with Crippen molar-refractivity contribution in [1.82, 2.24) is 0 Å². The van der Waals surface area contributed by atoms with Crippen LogP contribution in [0.2, 0.25) is 0 Å². The second-order valence-electron chi connectivity index (χ2n) is 8.29. The molecular formula is C20H39NaO10S2. The van der Waals surface area contributed by atoms with Gasteiger partial charge in [-0.2, -0.15) is 16.8 Å². The topological polar surface area (TPSA) is 183 Å². The van der Waals surface area contributed by atoms with Crippen molar-refractivity contribution in [2.45, 2.75) is 108 Å². The molecule has 0 saturated heterocycles. The third-order valence-electron chi connectivity index (χ3n) is 5.96. The van der Waals surface area contributed by atoms with Crippen molar-refractivity contribution in [3.63, 3.8) is 0 Å². The number of aliphatic carboxylic acids is 2. The number of hydrogen-bond donors (Lipinski definition) is 4. The zero-order valence-electron chi connectivity index (χ0n) is 19.0. The van der Waals surface area contributed by atoms with Crippen LogP contribution in [0, 0.1) is 5.41 Å². The molecule has 0 aliphatic rings. The third kappa shape index (κ3) is 8.73. The molecule has 0 amide bonds. The summed E-state index contributed by atoms with van der Waals surface area (Å²) in [5.74, 6) is -4.64. The monoisotopic (exact) mass is 526 g/mol. The molecule has 0 bridgehead atoms. The van der Waals surface area contributed by atoms with Gasteiger partial charge in [-0.3, -0.25) is 13.9 Å². The van der Waals surface area contributed by atoms with E-state index in [1.807, 2.05) is 13.8 Å². The van der Waals surface area contributed by atoms with Crippen LogP contribution in [-0.2, 0) is 29.8 Å². The molecule has 10 nitrogen and oxygen atoms in total. The summed E-state index contributed by atoms with van der Waals surface area (Å²) in [7, 11) is -12.2. The molecule has 0 aliphatic carbocycles. The van der Waals surface area contributed by atoms with Gasteiger partial charge in [0.1, 0.15) is 5.41 Å². The summed E-state index contributed by atoms with van der Waals surface area (Å²) in [5.41, 5.74) is -2.96. The first-order valence-corrected chi connectivity index (χ1v) is 14.0. The van der Waals surface area contributed by atoms with Gasteiger partial charge in [-0.1, -0.05) is 90.9 Å². The van der Waals surface area contributed by atoms with Crippen LogP contribution in [-0.4, -0.2) is 81.7 Å². The molecule has 0 aromatic rings. The molecule has 33 heavy (non-hydrogen) atoms. The van der Waals surface area contributed by atoms with Crippen molar-refractivity contribution >= 4 is 61.7 Å². The van der Waals surface area contributed by atoms with Gasteiger partial charge in [-0.05, 0) is 12.8 Å². The van der Waals surface area contributed by atoms with Crippen molar-refractivity contribution in [2.24, 2.45) is 5.41 Å². The van der Waals surface area contributed by atoms with Gasteiger partial charge in [0.05, 0.1) is 0 Å². The molecule has 0 saturated carbocycles. The van der Waals surface area contributed by atoms with E-state index >= 15 is 0 Å². The predicted octanol–water partition coefficient (Wildman–Crippen LogP) is 3.47. The minimum atomic E-state index is -6.11. The summed E-state index contributed by atoms with van der Waals surface area (Å²) >= 11 is 0. The second-order valence-corrected chi connectivity index (χ2v) is 11.7. The first kappa shape index (κ1) is 34.9. The van der Waals surface area contributed by atoms with Crippen LogP contribution < -0.4 is 0 Å². The van der Waals surface area contributed by atoms with Gasteiger partial charge >= 0.3 is 45.6 Å². The van der Waals surface area contributed by atoms with Crippen LogP contribution in [0.25, 0.3) is 0 Å². The van der Waals surface area contributed by atoms with Gasteiger partial charge < -0.3 is 10.2 Å². The summed E-state index contributed by atoms with van der Waals surface area (Å²) in [4.78, 5) is 24.5. The van der Waals surface area contributed by atoms with Crippen LogP contribution in [0.1, 0.15) is 104 Å². The Morgan fingerprint density at radius 3 is 1.15 bits per heavy atom. The molecule has 0 heterocycles. The maximum atomic E-state index is 12.4. The van der Waals surface area contributed by atoms with Crippen LogP contribution in [0.4, 0.5) is 0 Å². The molecule has 0 aromatic heterocycles. The number of unbranched alkanes of at least 4 members (excludes halogenated alkanes) is 10. The Kier molecular flexibility index (Phi) is 16.6. The van der Waals surface area contributed by atoms with Crippen molar-refractivity contribution in [2.75, 3.05) is 0 Å². The Morgan fingerprint density at radius 2 is 0.909 bits per heavy atom.